The van der Waals surface area contributed by atoms with Gasteiger partial charge in [0.05, 0.1) is 5.56 Å². The third kappa shape index (κ3) is 4.05. The second-order valence-electron chi connectivity index (χ2n) is 5.44. The highest BCUT2D eigenvalue weighted by molar-refractivity contribution is 5.87. The van der Waals surface area contributed by atoms with Gasteiger partial charge in [-0.2, -0.15) is 0 Å². The summed E-state index contributed by atoms with van der Waals surface area (Å²) in [4.78, 5) is 13.4. The molecule has 0 bridgehead atoms. The minimum Gasteiger partial charge on any atom is -0.478 e. The van der Waals surface area contributed by atoms with Gasteiger partial charge in [0.15, 0.2) is 0 Å². The molecule has 20 heavy (non-hydrogen) atoms. The van der Waals surface area contributed by atoms with Gasteiger partial charge in [-0.3, -0.25) is 4.90 Å². The third-order valence-corrected chi connectivity index (χ3v) is 4.04. The van der Waals surface area contributed by atoms with E-state index in [2.05, 4.69) is 17.1 Å². The second kappa shape index (κ2) is 7.41. The lowest BCUT2D eigenvalue weighted by Crippen LogP contribution is -2.40. The van der Waals surface area contributed by atoms with Gasteiger partial charge in [-0.25, -0.2) is 4.79 Å². The predicted octanol–water partition coefficient (Wildman–Crippen LogP) is 2.35. The Morgan fingerprint density at radius 2 is 1.95 bits per heavy atom. The molecule has 1 aromatic carbocycles. The first kappa shape index (κ1) is 15.0. The van der Waals surface area contributed by atoms with E-state index in [0.29, 0.717) is 11.6 Å². The zero-order valence-corrected chi connectivity index (χ0v) is 12.1. The molecule has 1 fully saturated rings. The number of carbonyl (C=O) groups is 1. The van der Waals surface area contributed by atoms with Gasteiger partial charge in [0.25, 0.3) is 0 Å². The molecule has 1 aliphatic rings. The number of likely N-dealkylation sites (tertiary alicyclic amines) is 1. The van der Waals surface area contributed by atoms with Gasteiger partial charge < -0.3 is 10.4 Å². The SMILES string of the molecule is CCC(CNCc1ccc(C(=O)O)cc1)N1CCCC1. The van der Waals surface area contributed by atoms with E-state index >= 15 is 0 Å². The minimum atomic E-state index is -0.871. The van der Waals surface area contributed by atoms with E-state index in [0.717, 1.165) is 18.7 Å². The molecule has 1 unspecified atom stereocenters. The summed E-state index contributed by atoms with van der Waals surface area (Å²) in [6, 6.07) is 7.71. The molecule has 0 saturated carbocycles. The van der Waals surface area contributed by atoms with Crippen molar-refractivity contribution >= 4 is 5.97 Å². The minimum absolute atomic E-state index is 0.345. The Morgan fingerprint density at radius 3 is 2.50 bits per heavy atom. The molecular formula is C16H24N2O2. The topological polar surface area (TPSA) is 52.6 Å². The summed E-state index contributed by atoms with van der Waals surface area (Å²) in [6.07, 6.45) is 3.82. The molecule has 2 rings (SSSR count). The molecule has 0 amide bonds. The van der Waals surface area contributed by atoms with Crippen LogP contribution in [-0.4, -0.2) is 41.7 Å². The van der Waals surface area contributed by atoms with Crippen molar-refractivity contribution < 1.29 is 9.90 Å². The summed E-state index contributed by atoms with van der Waals surface area (Å²) in [6.45, 7) is 6.49. The lowest BCUT2D eigenvalue weighted by molar-refractivity contribution is 0.0697. The average molecular weight is 276 g/mol. The Bertz CT molecular complexity index is 425. The number of aromatic carboxylic acids is 1. The van der Waals surface area contributed by atoms with E-state index in [1.807, 2.05) is 12.1 Å². The van der Waals surface area contributed by atoms with E-state index in [9.17, 15) is 4.79 Å². The maximum Gasteiger partial charge on any atom is 0.335 e. The van der Waals surface area contributed by atoms with Crippen LogP contribution >= 0.6 is 0 Å². The summed E-state index contributed by atoms with van der Waals surface area (Å²) in [5, 5.41) is 12.3. The maximum absolute atomic E-state index is 10.8. The summed E-state index contributed by atoms with van der Waals surface area (Å²) >= 11 is 0. The number of benzene rings is 1. The van der Waals surface area contributed by atoms with Crippen LogP contribution in [0.1, 0.15) is 42.1 Å². The van der Waals surface area contributed by atoms with Crippen molar-refractivity contribution in [2.75, 3.05) is 19.6 Å². The highest BCUT2D eigenvalue weighted by Crippen LogP contribution is 2.13. The van der Waals surface area contributed by atoms with Crippen LogP contribution in [0.4, 0.5) is 0 Å². The zero-order valence-electron chi connectivity index (χ0n) is 12.1. The summed E-state index contributed by atoms with van der Waals surface area (Å²) < 4.78 is 0. The number of carboxylic acids is 1. The fourth-order valence-corrected chi connectivity index (χ4v) is 2.79. The molecule has 0 aromatic heterocycles. The van der Waals surface area contributed by atoms with Crippen LogP contribution in [-0.2, 0) is 6.54 Å². The molecule has 0 radical (unpaired) electrons. The van der Waals surface area contributed by atoms with Gasteiger partial charge in [-0.1, -0.05) is 19.1 Å². The molecule has 4 heteroatoms. The van der Waals surface area contributed by atoms with Gasteiger partial charge in [0.2, 0.25) is 0 Å². The Kier molecular flexibility index (Phi) is 5.56. The lowest BCUT2D eigenvalue weighted by Gasteiger charge is -2.26. The maximum atomic E-state index is 10.8. The van der Waals surface area contributed by atoms with Crippen LogP contribution < -0.4 is 5.32 Å². The van der Waals surface area contributed by atoms with Crippen molar-refractivity contribution in [3.8, 4) is 0 Å². The summed E-state index contributed by atoms with van der Waals surface area (Å²) in [5.74, 6) is -0.871. The van der Waals surface area contributed by atoms with Crippen LogP contribution in [0.2, 0.25) is 0 Å². The van der Waals surface area contributed by atoms with Crippen molar-refractivity contribution in [1.82, 2.24) is 10.2 Å². The van der Waals surface area contributed by atoms with Gasteiger partial charge in [-0.05, 0) is 50.0 Å². The first-order valence-corrected chi connectivity index (χ1v) is 7.47. The summed E-state index contributed by atoms with van der Waals surface area (Å²) in [7, 11) is 0. The number of hydrogen-bond donors (Lipinski definition) is 2. The van der Waals surface area contributed by atoms with Crippen LogP contribution in [0, 0.1) is 0 Å². The zero-order chi connectivity index (χ0) is 14.4. The van der Waals surface area contributed by atoms with E-state index in [1.54, 1.807) is 12.1 Å². The van der Waals surface area contributed by atoms with Crippen molar-refractivity contribution in [3.63, 3.8) is 0 Å². The van der Waals surface area contributed by atoms with E-state index < -0.39 is 5.97 Å². The number of nitrogens with zero attached hydrogens (tertiary/aromatic N) is 1. The Morgan fingerprint density at radius 1 is 1.30 bits per heavy atom. The highest BCUT2D eigenvalue weighted by Gasteiger charge is 2.19. The summed E-state index contributed by atoms with van der Waals surface area (Å²) in [5.41, 5.74) is 1.48. The fraction of sp³-hybridized carbons (Fsp3) is 0.562. The highest BCUT2D eigenvalue weighted by atomic mass is 16.4. The van der Waals surface area contributed by atoms with Gasteiger partial charge in [0.1, 0.15) is 0 Å². The lowest BCUT2D eigenvalue weighted by atomic mass is 10.1. The smallest absolute Gasteiger partial charge is 0.335 e. The molecule has 4 nitrogen and oxygen atoms in total. The van der Waals surface area contributed by atoms with Crippen molar-refractivity contribution in [2.24, 2.45) is 0 Å². The first-order chi connectivity index (χ1) is 9.70. The number of rotatable bonds is 7. The van der Waals surface area contributed by atoms with E-state index in [-0.39, 0.29) is 0 Å². The molecule has 1 aromatic rings. The number of nitrogens with one attached hydrogen (secondary N) is 1. The molecule has 110 valence electrons. The molecule has 2 N–H and O–H groups in total. The molecule has 1 atom stereocenters. The molecule has 0 spiro atoms. The number of carboxylic acid groups (broad SMARTS) is 1. The largest absolute Gasteiger partial charge is 0.478 e. The molecule has 0 aliphatic carbocycles. The normalized spacial score (nSPS) is 17.2. The number of hydrogen-bond acceptors (Lipinski definition) is 3. The molecule has 1 aliphatic heterocycles. The van der Waals surface area contributed by atoms with Crippen LogP contribution in [0.25, 0.3) is 0 Å². The Labute approximate surface area is 120 Å². The van der Waals surface area contributed by atoms with Crippen molar-refractivity contribution in [1.29, 1.82) is 0 Å². The van der Waals surface area contributed by atoms with Crippen LogP contribution in [0.5, 0.6) is 0 Å². The van der Waals surface area contributed by atoms with E-state index in [4.69, 9.17) is 5.11 Å². The first-order valence-electron chi connectivity index (χ1n) is 7.47. The van der Waals surface area contributed by atoms with Crippen molar-refractivity contribution in [3.05, 3.63) is 35.4 Å². The third-order valence-electron chi connectivity index (χ3n) is 4.04. The van der Waals surface area contributed by atoms with Crippen LogP contribution in [0.15, 0.2) is 24.3 Å². The molecule has 1 saturated heterocycles. The monoisotopic (exact) mass is 276 g/mol. The molecular weight excluding hydrogens is 252 g/mol. The standard InChI is InChI=1S/C16H24N2O2/c1-2-15(18-9-3-4-10-18)12-17-11-13-5-7-14(8-6-13)16(19)20/h5-8,15,17H,2-4,9-12H2,1H3,(H,19,20). The van der Waals surface area contributed by atoms with Gasteiger partial charge in [-0.15, -0.1) is 0 Å². The second-order valence-corrected chi connectivity index (χ2v) is 5.44. The van der Waals surface area contributed by atoms with Gasteiger partial charge in [0, 0.05) is 19.1 Å². The van der Waals surface area contributed by atoms with Crippen molar-refractivity contribution in [2.45, 2.75) is 38.8 Å². The Balaban J connectivity index is 1.78. The average Bonchev–Trinajstić information content (AvgIpc) is 2.98. The van der Waals surface area contributed by atoms with Crippen LogP contribution in [0.3, 0.4) is 0 Å². The molecule has 1 heterocycles. The van der Waals surface area contributed by atoms with E-state index in [1.165, 1.54) is 32.4 Å². The Hall–Kier alpha value is -1.39. The predicted molar refractivity (Wildman–Crippen MR) is 80.0 cm³/mol. The van der Waals surface area contributed by atoms with Gasteiger partial charge >= 0.3 is 5.97 Å². The fourth-order valence-electron chi connectivity index (χ4n) is 2.79. The quantitative estimate of drug-likeness (QED) is 0.802.